The van der Waals surface area contributed by atoms with E-state index in [1.807, 2.05) is 52.0 Å². The van der Waals surface area contributed by atoms with Gasteiger partial charge in [-0.3, -0.25) is 4.99 Å². The Kier molecular flexibility index (Phi) is 7.17. The standard InChI is InChI=1S/C27H31N3O2/c1-16(2)32-27-13-10-21(14-22(27)15-28)18(4)29-19(5)23-8-7-9-25-24(23)11-12-26(25)30-17(3)20(6)31/h7-10,13-14,16-17,26,30-31H,5-6,11-12H2,1-4H3/t17-,26-/m0/s1. The normalized spacial score (nSPS) is 16.4. The number of benzene rings is 2. The maximum atomic E-state index is 9.66. The smallest absolute Gasteiger partial charge is 0.137 e. The van der Waals surface area contributed by atoms with Gasteiger partial charge < -0.3 is 15.2 Å². The van der Waals surface area contributed by atoms with Gasteiger partial charge in [0.1, 0.15) is 17.6 Å². The number of aliphatic hydroxyl groups is 1. The first-order valence-electron chi connectivity index (χ1n) is 10.9. The number of hydrogen-bond acceptors (Lipinski definition) is 5. The summed E-state index contributed by atoms with van der Waals surface area (Å²) >= 11 is 0. The van der Waals surface area contributed by atoms with E-state index in [0.717, 1.165) is 29.7 Å². The van der Waals surface area contributed by atoms with Gasteiger partial charge in [-0.25, -0.2) is 0 Å². The Morgan fingerprint density at radius 2 is 2.00 bits per heavy atom. The molecule has 0 spiro atoms. The Morgan fingerprint density at radius 3 is 2.66 bits per heavy atom. The number of aliphatic hydroxyl groups excluding tert-OH is 1. The Balaban J connectivity index is 1.86. The van der Waals surface area contributed by atoms with Crippen LogP contribution < -0.4 is 10.1 Å². The third-order valence-electron chi connectivity index (χ3n) is 5.72. The van der Waals surface area contributed by atoms with Gasteiger partial charge in [-0.1, -0.05) is 31.4 Å². The highest BCUT2D eigenvalue weighted by Gasteiger charge is 2.26. The predicted molar refractivity (Wildman–Crippen MR) is 130 cm³/mol. The topological polar surface area (TPSA) is 77.6 Å². The van der Waals surface area contributed by atoms with Crippen LogP contribution >= 0.6 is 0 Å². The minimum absolute atomic E-state index is 0.000539. The molecular formula is C27H31N3O2. The van der Waals surface area contributed by atoms with E-state index >= 15 is 0 Å². The van der Waals surface area contributed by atoms with Gasteiger partial charge in [0.2, 0.25) is 0 Å². The van der Waals surface area contributed by atoms with Crippen LogP contribution in [0.2, 0.25) is 0 Å². The molecule has 1 aliphatic rings. The van der Waals surface area contributed by atoms with Crippen molar-refractivity contribution in [3.05, 3.63) is 83.1 Å². The Labute approximate surface area is 190 Å². The molecule has 0 bridgehead atoms. The fourth-order valence-corrected chi connectivity index (χ4v) is 4.02. The quantitative estimate of drug-likeness (QED) is 0.407. The van der Waals surface area contributed by atoms with E-state index in [0.29, 0.717) is 17.0 Å². The molecule has 166 valence electrons. The number of fused-ring (bicyclic) bond motifs is 1. The number of rotatable bonds is 8. The van der Waals surface area contributed by atoms with Crippen LogP contribution in [0.5, 0.6) is 5.75 Å². The van der Waals surface area contributed by atoms with E-state index in [4.69, 9.17) is 9.73 Å². The van der Waals surface area contributed by atoms with Gasteiger partial charge in [-0.15, -0.1) is 0 Å². The molecule has 3 rings (SSSR count). The minimum atomic E-state index is -0.171. The summed E-state index contributed by atoms with van der Waals surface area (Å²) in [6, 6.07) is 13.9. The average molecular weight is 430 g/mol. The first-order chi connectivity index (χ1) is 15.2. The predicted octanol–water partition coefficient (Wildman–Crippen LogP) is 5.86. The molecule has 0 saturated heterocycles. The summed E-state index contributed by atoms with van der Waals surface area (Å²) in [5.41, 5.74) is 6.32. The van der Waals surface area contributed by atoms with Gasteiger partial charge in [0.05, 0.1) is 23.4 Å². The van der Waals surface area contributed by atoms with Crippen molar-refractivity contribution in [2.75, 3.05) is 0 Å². The van der Waals surface area contributed by atoms with Crippen molar-refractivity contribution < 1.29 is 9.84 Å². The molecule has 0 aromatic heterocycles. The molecule has 5 nitrogen and oxygen atoms in total. The van der Waals surface area contributed by atoms with Gasteiger partial charge in [-0.05, 0) is 75.4 Å². The highest BCUT2D eigenvalue weighted by Crippen LogP contribution is 2.36. The van der Waals surface area contributed by atoms with Crippen LogP contribution in [0.1, 0.15) is 68.0 Å². The van der Waals surface area contributed by atoms with Crippen molar-refractivity contribution in [3.63, 3.8) is 0 Å². The van der Waals surface area contributed by atoms with Crippen LogP contribution in [0.3, 0.4) is 0 Å². The Bertz CT molecular complexity index is 1110. The Morgan fingerprint density at radius 1 is 1.25 bits per heavy atom. The maximum absolute atomic E-state index is 9.66. The largest absolute Gasteiger partial charge is 0.511 e. The lowest BCUT2D eigenvalue weighted by molar-refractivity contribution is 0.241. The molecule has 1 aliphatic carbocycles. The fraction of sp³-hybridized carbons (Fsp3) is 0.333. The van der Waals surface area contributed by atoms with E-state index in [-0.39, 0.29) is 23.9 Å². The third kappa shape index (κ3) is 5.09. The summed E-state index contributed by atoms with van der Waals surface area (Å²) in [6.45, 7) is 15.6. The van der Waals surface area contributed by atoms with Gasteiger partial charge in [-0.2, -0.15) is 5.26 Å². The van der Waals surface area contributed by atoms with Crippen molar-refractivity contribution in [1.29, 1.82) is 5.26 Å². The zero-order valence-electron chi connectivity index (χ0n) is 19.3. The molecule has 2 aromatic carbocycles. The summed E-state index contributed by atoms with van der Waals surface area (Å²) in [5, 5.41) is 22.6. The molecule has 0 amide bonds. The summed E-state index contributed by atoms with van der Waals surface area (Å²) in [4.78, 5) is 4.77. The van der Waals surface area contributed by atoms with Crippen LogP contribution in [0.15, 0.2) is 60.3 Å². The van der Waals surface area contributed by atoms with E-state index in [1.165, 1.54) is 11.1 Å². The summed E-state index contributed by atoms with van der Waals surface area (Å²) in [7, 11) is 0. The number of nitriles is 1. The molecule has 0 radical (unpaired) electrons. The van der Waals surface area contributed by atoms with Crippen molar-refractivity contribution in [2.24, 2.45) is 4.99 Å². The van der Waals surface area contributed by atoms with Crippen LogP contribution in [-0.4, -0.2) is 23.0 Å². The van der Waals surface area contributed by atoms with Crippen LogP contribution in [0.25, 0.3) is 5.70 Å². The van der Waals surface area contributed by atoms with E-state index in [2.05, 4.69) is 36.7 Å². The van der Waals surface area contributed by atoms with Crippen LogP contribution in [0, 0.1) is 11.3 Å². The molecule has 0 heterocycles. The number of aliphatic imine (C=N–C) groups is 1. The highest BCUT2D eigenvalue weighted by atomic mass is 16.5. The molecule has 0 aliphatic heterocycles. The lowest BCUT2D eigenvalue weighted by Crippen LogP contribution is -2.30. The fourth-order valence-electron chi connectivity index (χ4n) is 4.02. The van der Waals surface area contributed by atoms with Crippen LogP contribution in [0.4, 0.5) is 0 Å². The number of nitrogens with zero attached hydrogens (tertiary/aromatic N) is 2. The number of hydrogen-bond donors (Lipinski definition) is 2. The highest BCUT2D eigenvalue weighted by molar-refractivity contribution is 6.02. The molecule has 2 N–H and O–H groups in total. The molecule has 5 heteroatoms. The number of nitrogens with one attached hydrogen (secondary N) is 1. The molecule has 0 fully saturated rings. The van der Waals surface area contributed by atoms with Gasteiger partial charge in [0.15, 0.2) is 0 Å². The van der Waals surface area contributed by atoms with Crippen molar-refractivity contribution in [1.82, 2.24) is 5.32 Å². The first-order valence-corrected chi connectivity index (χ1v) is 10.9. The number of ether oxygens (including phenoxy) is 1. The second-order valence-corrected chi connectivity index (χ2v) is 8.48. The monoisotopic (exact) mass is 429 g/mol. The second-order valence-electron chi connectivity index (χ2n) is 8.48. The maximum Gasteiger partial charge on any atom is 0.137 e. The molecular weight excluding hydrogens is 398 g/mol. The van der Waals surface area contributed by atoms with Crippen LogP contribution in [-0.2, 0) is 6.42 Å². The summed E-state index contributed by atoms with van der Waals surface area (Å²) < 4.78 is 5.72. The summed E-state index contributed by atoms with van der Waals surface area (Å²) in [6.07, 6.45) is 1.86. The van der Waals surface area contributed by atoms with Crippen molar-refractivity contribution in [3.8, 4) is 11.8 Å². The zero-order chi connectivity index (χ0) is 23.4. The minimum Gasteiger partial charge on any atom is -0.511 e. The van der Waals surface area contributed by atoms with E-state index < -0.39 is 0 Å². The first kappa shape index (κ1) is 23.3. The molecule has 0 unspecified atom stereocenters. The van der Waals surface area contributed by atoms with Gasteiger partial charge >= 0.3 is 0 Å². The Hall–Kier alpha value is -3.36. The van der Waals surface area contributed by atoms with E-state index in [1.54, 1.807) is 0 Å². The zero-order valence-corrected chi connectivity index (χ0v) is 19.3. The molecule has 0 saturated carbocycles. The van der Waals surface area contributed by atoms with Crippen molar-refractivity contribution >= 4 is 11.4 Å². The third-order valence-corrected chi connectivity index (χ3v) is 5.72. The molecule has 2 aromatic rings. The van der Waals surface area contributed by atoms with E-state index in [9.17, 15) is 10.4 Å². The average Bonchev–Trinajstić information content (AvgIpc) is 3.16. The lowest BCUT2D eigenvalue weighted by atomic mass is 10.00. The molecule has 32 heavy (non-hydrogen) atoms. The second kappa shape index (κ2) is 9.84. The van der Waals surface area contributed by atoms with Crippen molar-refractivity contribution in [2.45, 2.75) is 58.7 Å². The van der Waals surface area contributed by atoms with Gasteiger partial charge in [0.25, 0.3) is 0 Å². The lowest BCUT2D eigenvalue weighted by Gasteiger charge is -2.20. The molecule has 2 atom stereocenters. The van der Waals surface area contributed by atoms with Gasteiger partial charge in [0, 0.05) is 17.3 Å². The summed E-state index contributed by atoms with van der Waals surface area (Å²) in [5.74, 6) is 0.720. The SMILES string of the molecule is C=C(N=C(C)c1ccc(OC(C)C)c(C#N)c1)c1cccc2c1CC[C@@H]2N[C@@H](C)C(=C)O.